The minimum Gasteiger partial charge on any atom is -0.346 e. The molecule has 1 saturated heterocycles. The largest absolute Gasteiger partial charge is 0.346 e. The molecular weight excluding hydrogens is 359 g/mol. The highest BCUT2D eigenvalue weighted by molar-refractivity contribution is 14.1. The molecule has 0 aliphatic carbocycles. The van der Waals surface area contributed by atoms with Crippen molar-refractivity contribution in [3.63, 3.8) is 0 Å². The number of aromatic nitrogens is 2. The highest BCUT2D eigenvalue weighted by Gasteiger charge is 2.43. The van der Waals surface area contributed by atoms with Crippen LogP contribution in [0.25, 0.3) is 0 Å². The number of H-pyrrole nitrogens is 1. The number of halogens is 1. The smallest absolute Gasteiger partial charge is 0.330 e. The molecule has 0 radical (unpaired) electrons. The van der Waals surface area contributed by atoms with Crippen LogP contribution in [0, 0.1) is 0 Å². The van der Waals surface area contributed by atoms with Crippen molar-refractivity contribution in [2.75, 3.05) is 0 Å². The molecule has 1 aromatic heterocycles. The van der Waals surface area contributed by atoms with Gasteiger partial charge in [-0.15, -0.1) is 0 Å². The normalized spacial score (nSPS) is 24.4. The SMILES string of the molecule is O=c1ccn(C2CCC(C(O)(O)OI)O2)c(=O)[nH]1. The van der Waals surface area contributed by atoms with Gasteiger partial charge in [-0.25, -0.2) is 4.79 Å². The molecule has 0 saturated carbocycles. The quantitative estimate of drug-likeness (QED) is 0.475. The van der Waals surface area contributed by atoms with Gasteiger partial charge in [0, 0.05) is 12.3 Å². The van der Waals surface area contributed by atoms with Gasteiger partial charge in [-0.3, -0.25) is 17.4 Å². The predicted octanol–water partition coefficient (Wildman–Crippen LogP) is -0.781. The third kappa shape index (κ3) is 2.64. The van der Waals surface area contributed by atoms with Crippen LogP contribution < -0.4 is 11.2 Å². The third-order valence-electron chi connectivity index (χ3n) is 2.69. The number of ether oxygens (including phenoxy) is 1. The number of hydrogen-bond donors (Lipinski definition) is 3. The molecule has 0 aromatic carbocycles. The molecule has 9 heteroatoms. The van der Waals surface area contributed by atoms with Gasteiger partial charge in [0.15, 0.2) is 0 Å². The highest BCUT2D eigenvalue weighted by Crippen LogP contribution is 2.33. The Morgan fingerprint density at radius 2 is 2.22 bits per heavy atom. The van der Waals surface area contributed by atoms with Crippen LogP contribution >= 0.6 is 23.0 Å². The Labute approximate surface area is 115 Å². The Morgan fingerprint density at radius 1 is 1.50 bits per heavy atom. The first-order chi connectivity index (χ1) is 8.44. The molecule has 2 unspecified atom stereocenters. The summed E-state index contributed by atoms with van der Waals surface area (Å²) in [5.74, 6) is -2.40. The van der Waals surface area contributed by atoms with E-state index in [1.807, 2.05) is 0 Å². The molecule has 2 atom stereocenters. The lowest BCUT2D eigenvalue weighted by Gasteiger charge is -2.24. The van der Waals surface area contributed by atoms with Gasteiger partial charge in [-0.2, -0.15) is 0 Å². The minimum atomic E-state index is -2.40. The van der Waals surface area contributed by atoms with E-state index in [2.05, 4.69) is 8.05 Å². The second kappa shape index (κ2) is 5.09. The summed E-state index contributed by atoms with van der Waals surface area (Å²) in [6.45, 7) is 0. The first kappa shape index (κ1) is 13.7. The lowest BCUT2D eigenvalue weighted by atomic mass is 10.2. The van der Waals surface area contributed by atoms with Crippen molar-refractivity contribution < 1.29 is 18.0 Å². The summed E-state index contributed by atoms with van der Waals surface area (Å²) < 4.78 is 11.0. The van der Waals surface area contributed by atoms with E-state index in [1.165, 1.54) is 39.8 Å². The van der Waals surface area contributed by atoms with E-state index in [4.69, 9.17) is 4.74 Å². The van der Waals surface area contributed by atoms with Crippen LogP contribution in [0.5, 0.6) is 0 Å². The standard InChI is InChI=1S/C9H11IN2O6/c10-18-9(15,16)5-1-2-7(17-5)12-4-3-6(13)11-8(12)14/h3-5,7,15-16H,1-2H2,(H,11,13,14). The first-order valence-electron chi connectivity index (χ1n) is 5.15. The minimum absolute atomic E-state index is 0.312. The van der Waals surface area contributed by atoms with Crippen LogP contribution in [-0.4, -0.2) is 31.8 Å². The van der Waals surface area contributed by atoms with E-state index < -0.39 is 29.6 Å². The van der Waals surface area contributed by atoms with Crippen molar-refractivity contribution in [1.29, 1.82) is 0 Å². The van der Waals surface area contributed by atoms with Gasteiger partial charge in [0.05, 0.1) is 0 Å². The zero-order chi connectivity index (χ0) is 13.3. The molecule has 2 rings (SSSR count). The molecule has 8 nitrogen and oxygen atoms in total. The molecule has 2 heterocycles. The van der Waals surface area contributed by atoms with Crippen molar-refractivity contribution in [1.82, 2.24) is 9.55 Å². The Kier molecular flexibility index (Phi) is 3.87. The zero-order valence-electron chi connectivity index (χ0n) is 9.08. The fraction of sp³-hybridized carbons (Fsp3) is 0.556. The summed E-state index contributed by atoms with van der Waals surface area (Å²) in [5.41, 5.74) is -1.11. The molecule has 1 aliphatic heterocycles. The van der Waals surface area contributed by atoms with Crippen molar-refractivity contribution in [2.45, 2.75) is 31.1 Å². The maximum absolute atomic E-state index is 11.5. The molecule has 1 aromatic rings. The topological polar surface area (TPSA) is 114 Å². The van der Waals surface area contributed by atoms with Gasteiger partial charge in [0.1, 0.15) is 35.3 Å². The Balaban J connectivity index is 2.19. The predicted molar refractivity (Wildman–Crippen MR) is 66.7 cm³/mol. The monoisotopic (exact) mass is 370 g/mol. The Hall–Kier alpha value is -0.750. The average molecular weight is 370 g/mol. The summed E-state index contributed by atoms with van der Waals surface area (Å²) in [6.07, 6.45) is 0.393. The molecular formula is C9H11IN2O6. The Morgan fingerprint density at radius 3 is 2.83 bits per heavy atom. The molecule has 18 heavy (non-hydrogen) atoms. The first-order valence-corrected chi connectivity index (χ1v) is 6.03. The highest BCUT2D eigenvalue weighted by atomic mass is 127. The van der Waals surface area contributed by atoms with E-state index in [9.17, 15) is 19.8 Å². The molecule has 0 amide bonds. The van der Waals surface area contributed by atoms with Crippen LogP contribution in [0.1, 0.15) is 19.1 Å². The van der Waals surface area contributed by atoms with E-state index >= 15 is 0 Å². The molecule has 1 aliphatic rings. The lowest BCUT2D eigenvalue weighted by molar-refractivity contribution is -0.329. The summed E-state index contributed by atoms with van der Waals surface area (Å²) >= 11 is 1.36. The summed E-state index contributed by atoms with van der Waals surface area (Å²) in [5, 5.41) is 18.9. The van der Waals surface area contributed by atoms with Crippen LogP contribution in [0.2, 0.25) is 0 Å². The van der Waals surface area contributed by atoms with E-state index in [0.29, 0.717) is 12.8 Å². The molecule has 3 N–H and O–H groups in total. The van der Waals surface area contributed by atoms with E-state index in [-0.39, 0.29) is 0 Å². The fourth-order valence-electron chi connectivity index (χ4n) is 1.80. The average Bonchev–Trinajstić information content (AvgIpc) is 2.79. The maximum Gasteiger partial charge on any atom is 0.330 e. The zero-order valence-corrected chi connectivity index (χ0v) is 11.2. The lowest BCUT2D eigenvalue weighted by Crippen LogP contribution is -2.42. The van der Waals surface area contributed by atoms with Crippen LogP contribution in [0.3, 0.4) is 0 Å². The van der Waals surface area contributed by atoms with Gasteiger partial charge >= 0.3 is 11.7 Å². The van der Waals surface area contributed by atoms with Gasteiger partial charge in [-0.1, -0.05) is 0 Å². The van der Waals surface area contributed by atoms with Crippen molar-refractivity contribution in [2.24, 2.45) is 0 Å². The summed E-state index contributed by atoms with van der Waals surface area (Å²) in [4.78, 5) is 24.5. The van der Waals surface area contributed by atoms with Crippen molar-refractivity contribution >= 4 is 23.0 Å². The molecule has 0 spiro atoms. The van der Waals surface area contributed by atoms with Gasteiger partial charge in [-0.05, 0) is 12.8 Å². The number of nitrogens with zero attached hydrogens (tertiary/aromatic N) is 1. The third-order valence-corrected chi connectivity index (χ3v) is 3.34. The maximum atomic E-state index is 11.5. The molecule has 0 bridgehead atoms. The van der Waals surface area contributed by atoms with Crippen LogP contribution in [-0.2, 0) is 7.80 Å². The fourth-order valence-corrected chi connectivity index (χ4v) is 2.09. The number of hydrogen-bond acceptors (Lipinski definition) is 6. The van der Waals surface area contributed by atoms with Gasteiger partial charge in [0.2, 0.25) is 0 Å². The number of aliphatic hydroxyl groups is 2. The van der Waals surface area contributed by atoms with Crippen molar-refractivity contribution in [3.8, 4) is 0 Å². The number of rotatable bonds is 3. The summed E-state index contributed by atoms with van der Waals surface area (Å²) in [6, 6.07) is 1.19. The van der Waals surface area contributed by atoms with E-state index in [0.717, 1.165) is 0 Å². The Bertz CT molecular complexity index is 538. The van der Waals surface area contributed by atoms with E-state index in [1.54, 1.807) is 0 Å². The number of nitrogens with one attached hydrogen (secondary N) is 1. The van der Waals surface area contributed by atoms with Crippen LogP contribution in [0.15, 0.2) is 21.9 Å². The molecule has 1 fully saturated rings. The second-order valence-corrected chi connectivity index (χ2v) is 4.35. The molecule has 100 valence electrons. The van der Waals surface area contributed by atoms with Gasteiger partial charge in [0.25, 0.3) is 5.56 Å². The summed E-state index contributed by atoms with van der Waals surface area (Å²) in [7, 11) is 0. The second-order valence-electron chi connectivity index (χ2n) is 3.91. The van der Waals surface area contributed by atoms with Crippen LogP contribution in [0.4, 0.5) is 0 Å². The van der Waals surface area contributed by atoms with Gasteiger partial charge < -0.3 is 14.9 Å². The van der Waals surface area contributed by atoms with Crippen molar-refractivity contribution in [3.05, 3.63) is 33.1 Å². The number of aromatic amines is 1.